The van der Waals surface area contributed by atoms with Gasteiger partial charge in [-0.15, -0.1) is 0 Å². The zero-order chi connectivity index (χ0) is 23.1. The topological polar surface area (TPSA) is 0 Å². The van der Waals surface area contributed by atoms with E-state index in [1.54, 1.807) is 0 Å². The van der Waals surface area contributed by atoms with Crippen molar-refractivity contribution in [2.24, 2.45) is 0 Å². The van der Waals surface area contributed by atoms with Gasteiger partial charge in [0.15, 0.2) is 0 Å². The number of hydrogen-bond acceptors (Lipinski definition) is 0. The SMILES string of the molecule is Cc1cc(C(c2[c]c(C(C)(C)C)cc(C)c2)c2c(C)cccc2C)[c]c(C(C)(C)C)c1. The first-order valence-corrected chi connectivity index (χ1v) is 11.4. The van der Waals surface area contributed by atoms with E-state index >= 15 is 0 Å². The summed E-state index contributed by atoms with van der Waals surface area (Å²) >= 11 is 0. The minimum atomic E-state index is 0.0545. The Morgan fingerprint density at radius 3 is 1.35 bits per heavy atom. The lowest BCUT2D eigenvalue weighted by Crippen LogP contribution is -2.16. The van der Waals surface area contributed by atoms with Gasteiger partial charge < -0.3 is 0 Å². The van der Waals surface area contributed by atoms with E-state index in [0.29, 0.717) is 0 Å². The van der Waals surface area contributed by atoms with Crippen molar-refractivity contribution in [3.8, 4) is 0 Å². The minimum absolute atomic E-state index is 0.0545. The molecule has 0 heteroatoms. The highest BCUT2D eigenvalue weighted by Crippen LogP contribution is 2.39. The zero-order valence-corrected chi connectivity index (χ0v) is 21.1. The van der Waals surface area contributed by atoms with Gasteiger partial charge in [-0.1, -0.05) is 95.1 Å². The Morgan fingerprint density at radius 1 is 0.613 bits per heavy atom. The fourth-order valence-electron chi connectivity index (χ4n) is 4.36. The Hall–Kier alpha value is -2.34. The van der Waals surface area contributed by atoms with Crippen molar-refractivity contribution in [2.45, 2.75) is 86.0 Å². The normalized spacial score (nSPS) is 12.5. The van der Waals surface area contributed by atoms with E-state index < -0.39 is 0 Å². The van der Waals surface area contributed by atoms with Gasteiger partial charge in [-0.05, 0) is 89.6 Å². The molecule has 3 aromatic rings. The summed E-state index contributed by atoms with van der Waals surface area (Å²) in [6.07, 6.45) is 0. The summed E-state index contributed by atoms with van der Waals surface area (Å²) in [5, 5.41) is 0. The first-order chi connectivity index (χ1) is 14.3. The third kappa shape index (κ3) is 5.12. The predicted octanol–water partition coefficient (Wildman–Crippen LogP) is 8.30. The summed E-state index contributed by atoms with van der Waals surface area (Å²) in [5.41, 5.74) is 11.7. The minimum Gasteiger partial charge on any atom is -0.0617 e. The van der Waals surface area contributed by atoms with E-state index in [9.17, 15) is 0 Å². The molecule has 0 aliphatic carbocycles. The molecule has 3 rings (SSSR count). The van der Waals surface area contributed by atoms with Crippen LogP contribution in [0.25, 0.3) is 0 Å². The molecule has 0 aliphatic heterocycles. The van der Waals surface area contributed by atoms with Gasteiger partial charge >= 0.3 is 0 Å². The van der Waals surface area contributed by atoms with Crippen molar-refractivity contribution < 1.29 is 0 Å². The summed E-state index contributed by atoms with van der Waals surface area (Å²) in [6, 6.07) is 23.5. The van der Waals surface area contributed by atoms with Crippen molar-refractivity contribution in [3.05, 3.63) is 105 Å². The highest BCUT2D eigenvalue weighted by molar-refractivity contribution is 5.52. The highest BCUT2D eigenvalue weighted by atomic mass is 14.3. The molecule has 0 aliphatic rings. The molecular formula is C31H38. The molecule has 0 saturated heterocycles. The molecule has 0 amide bonds. The van der Waals surface area contributed by atoms with Gasteiger partial charge in [0.05, 0.1) is 0 Å². The van der Waals surface area contributed by atoms with Gasteiger partial charge in [0.1, 0.15) is 0 Å². The Kier molecular flexibility index (Phi) is 6.25. The predicted molar refractivity (Wildman–Crippen MR) is 134 cm³/mol. The second-order valence-electron chi connectivity index (χ2n) is 11.3. The van der Waals surface area contributed by atoms with Crippen molar-refractivity contribution in [3.63, 3.8) is 0 Å². The number of hydrogen-bond donors (Lipinski definition) is 0. The van der Waals surface area contributed by atoms with E-state index in [1.807, 2.05) is 0 Å². The summed E-state index contributed by atoms with van der Waals surface area (Å²) in [6.45, 7) is 22.5. The van der Waals surface area contributed by atoms with Crippen LogP contribution in [0.4, 0.5) is 0 Å². The average Bonchev–Trinajstić information content (AvgIpc) is 2.62. The fraction of sp³-hybridized carbons (Fsp3) is 0.419. The lowest BCUT2D eigenvalue weighted by atomic mass is 9.76. The molecule has 0 saturated carbocycles. The maximum Gasteiger partial charge on any atom is 0.0357 e. The Labute approximate surface area is 190 Å². The number of aryl methyl sites for hydroxylation is 4. The van der Waals surface area contributed by atoms with Crippen LogP contribution in [-0.4, -0.2) is 0 Å². The maximum absolute atomic E-state index is 3.83. The molecule has 0 fully saturated rings. The molecule has 0 spiro atoms. The van der Waals surface area contributed by atoms with Crippen LogP contribution in [0.2, 0.25) is 0 Å². The van der Waals surface area contributed by atoms with Crippen LogP contribution in [0, 0.1) is 39.8 Å². The first kappa shape index (κ1) is 23.3. The molecule has 162 valence electrons. The van der Waals surface area contributed by atoms with E-state index in [4.69, 9.17) is 0 Å². The van der Waals surface area contributed by atoms with Crippen molar-refractivity contribution >= 4 is 0 Å². The number of benzene rings is 3. The summed E-state index contributed by atoms with van der Waals surface area (Å²) < 4.78 is 0. The molecule has 2 radical (unpaired) electrons. The van der Waals surface area contributed by atoms with Crippen LogP contribution < -0.4 is 0 Å². The van der Waals surface area contributed by atoms with Gasteiger partial charge in [-0.25, -0.2) is 0 Å². The Bertz CT molecular complexity index is 1000. The molecule has 0 atom stereocenters. The third-order valence-corrected chi connectivity index (χ3v) is 6.14. The smallest absolute Gasteiger partial charge is 0.0357 e. The second kappa shape index (κ2) is 8.30. The molecule has 0 N–H and O–H groups in total. The maximum atomic E-state index is 3.83. The lowest BCUT2D eigenvalue weighted by molar-refractivity contribution is 0.586. The van der Waals surface area contributed by atoms with Crippen molar-refractivity contribution in [1.29, 1.82) is 0 Å². The summed E-state index contributed by atoms with van der Waals surface area (Å²) in [4.78, 5) is 0. The molecule has 0 heterocycles. The fourth-order valence-corrected chi connectivity index (χ4v) is 4.36. The van der Waals surface area contributed by atoms with Crippen LogP contribution in [0.3, 0.4) is 0 Å². The first-order valence-electron chi connectivity index (χ1n) is 11.4. The van der Waals surface area contributed by atoms with Crippen LogP contribution in [0.5, 0.6) is 0 Å². The Balaban J connectivity index is 2.37. The lowest BCUT2D eigenvalue weighted by Gasteiger charge is -2.28. The van der Waals surface area contributed by atoms with E-state index in [0.717, 1.165) is 0 Å². The molecule has 3 aromatic carbocycles. The molecule has 0 nitrogen and oxygen atoms in total. The van der Waals surface area contributed by atoms with Crippen LogP contribution in [-0.2, 0) is 10.8 Å². The summed E-state index contributed by atoms with van der Waals surface area (Å²) in [7, 11) is 0. The van der Waals surface area contributed by atoms with Crippen LogP contribution in [0.15, 0.2) is 42.5 Å². The van der Waals surface area contributed by atoms with E-state index in [1.165, 1.54) is 50.1 Å². The van der Waals surface area contributed by atoms with Gasteiger partial charge in [0.2, 0.25) is 0 Å². The van der Waals surface area contributed by atoms with Gasteiger partial charge in [-0.3, -0.25) is 0 Å². The average molecular weight is 411 g/mol. The third-order valence-electron chi connectivity index (χ3n) is 6.14. The molecule has 0 bridgehead atoms. The number of rotatable bonds is 3. The monoisotopic (exact) mass is 410 g/mol. The largest absolute Gasteiger partial charge is 0.0617 e. The quantitative estimate of drug-likeness (QED) is 0.381. The van der Waals surface area contributed by atoms with E-state index in [2.05, 4.69) is 124 Å². The molecule has 31 heavy (non-hydrogen) atoms. The highest BCUT2D eigenvalue weighted by Gasteiger charge is 2.26. The summed E-state index contributed by atoms with van der Waals surface area (Å²) in [5.74, 6) is 0.114. The Morgan fingerprint density at radius 2 is 1.00 bits per heavy atom. The van der Waals surface area contributed by atoms with E-state index in [-0.39, 0.29) is 16.7 Å². The van der Waals surface area contributed by atoms with Gasteiger partial charge in [-0.2, -0.15) is 0 Å². The van der Waals surface area contributed by atoms with Crippen LogP contribution >= 0.6 is 0 Å². The zero-order valence-electron chi connectivity index (χ0n) is 21.1. The molecule has 0 aromatic heterocycles. The van der Waals surface area contributed by atoms with Crippen molar-refractivity contribution in [2.75, 3.05) is 0 Å². The molecular weight excluding hydrogens is 372 g/mol. The molecule has 0 unspecified atom stereocenters. The standard InChI is InChI=1S/C31H38/c1-20-14-24(18-26(16-20)30(5,6)7)29(28-22(3)12-11-13-23(28)4)25-15-21(2)17-27(19-25)31(8,9)10/h11-17,29H,1-10H3. The van der Waals surface area contributed by atoms with Crippen LogP contribution in [0.1, 0.15) is 97.5 Å². The van der Waals surface area contributed by atoms with Gasteiger partial charge in [0, 0.05) is 5.92 Å². The van der Waals surface area contributed by atoms with Gasteiger partial charge in [0.25, 0.3) is 0 Å². The van der Waals surface area contributed by atoms with Crippen molar-refractivity contribution in [1.82, 2.24) is 0 Å². The second-order valence-corrected chi connectivity index (χ2v) is 11.3.